The number of aromatic nitrogens is 6. The first-order chi connectivity index (χ1) is 16.2. The second kappa shape index (κ2) is 10.1. The molecule has 2 N–H and O–H groups in total. The highest BCUT2D eigenvalue weighted by atomic mass is 32.1. The Balaban J connectivity index is 1.12. The van der Waals surface area contributed by atoms with Crippen molar-refractivity contribution in [3.05, 3.63) is 64.5 Å². The van der Waals surface area contributed by atoms with Gasteiger partial charge in [0, 0.05) is 30.4 Å². The monoisotopic (exact) mass is 478 g/mol. The number of hydrogen-bond acceptors (Lipinski definition) is 10. The Morgan fingerprint density at radius 3 is 2.61 bits per heavy atom. The molecular weight excluding hydrogens is 456 g/mol. The van der Waals surface area contributed by atoms with Crippen molar-refractivity contribution < 1.29 is 4.79 Å². The van der Waals surface area contributed by atoms with Crippen LogP contribution < -0.4 is 10.6 Å². The number of anilines is 3. The molecule has 1 saturated carbocycles. The second-order valence-corrected chi connectivity index (χ2v) is 9.98. The lowest BCUT2D eigenvalue weighted by Crippen LogP contribution is -2.14. The van der Waals surface area contributed by atoms with Gasteiger partial charge in [0.1, 0.15) is 15.8 Å². The second-order valence-electron chi connectivity index (χ2n) is 7.91. The van der Waals surface area contributed by atoms with Gasteiger partial charge < -0.3 is 10.6 Å². The molecule has 168 valence electrons. The van der Waals surface area contributed by atoms with Crippen molar-refractivity contribution in [3.63, 3.8) is 0 Å². The molecular formula is C22H22N8OS2. The number of amides is 1. The molecule has 1 aliphatic carbocycles. The molecule has 1 fully saturated rings. The Bertz CT molecular complexity index is 1200. The number of nitrogens with zero attached hydrogens (tertiary/aromatic N) is 6. The highest BCUT2D eigenvalue weighted by Gasteiger charge is 2.29. The average Bonchev–Trinajstić information content (AvgIpc) is 3.57. The lowest BCUT2D eigenvalue weighted by atomic mass is 10.0. The van der Waals surface area contributed by atoms with Crippen LogP contribution in [0.3, 0.4) is 0 Å². The third-order valence-corrected chi connectivity index (χ3v) is 7.34. The van der Waals surface area contributed by atoms with Gasteiger partial charge in [0.2, 0.25) is 16.2 Å². The van der Waals surface area contributed by atoms with Crippen LogP contribution in [-0.4, -0.2) is 36.3 Å². The van der Waals surface area contributed by atoms with Crippen molar-refractivity contribution in [1.29, 1.82) is 0 Å². The zero-order valence-electron chi connectivity index (χ0n) is 17.7. The van der Waals surface area contributed by atoms with Gasteiger partial charge in [-0.15, -0.1) is 20.4 Å². The fraction of sp³-hybridized carbons (Fsp3) is 0.318. The standard InChI is InChI=1S/C22H22N8OS2/c31-18(13-16-5-1-3-9-23-16)26-22-29-27-19(32-22)12-14-7-8-15(11-14)20-28-30-21(33-20)25-17-6-2-4-10-24-17/h1-6,9-10,14-15H,7-8,11-13H2,(H,24,25,30)(H,26,29,31)/t14-,15-/m1/s1. The minimum atomic E-state index is -0.135. The van der Waals surface area contributed by atoms with Crippen LogP contribution in [0.15, 0.2) is 48.8 Å². The molecule has 0 unspecified atom stereocenters. The van der Waals surface area contributed by atoms with E-state index in [1.54, 1.807) is 23.7 Å². The number of carbonyl (C=O) groups is 1. The molecule has 1 amide bonds. The Morgan fingerprint density at radius 1 is 0.939 bits per heavy atom. The quantitative estimate of drug-likeness (QED) is 0.386. The highest BCUT2D eigenvalue weighted by molar-refractivity contribution is 7.15. The van der Waals surface area contributed by atoms with E-state index < -0.39 is 0 Å². The van der Waals surface area contributed by atoms with E-state index in [0.29, 0.717) is 17.0 Å². The minimum absolute atomic E-state index is 0.135. The third kappa shape index (κ3) is 5.74. The lowest BCUT2D eigenvalue weighted by molar-refractivity contribution is -0.115. The first-order valence-corrected chi connectivity index (χ1v) is 12.4. The third-order valence-electron chi connectivity index (χ3n) is 5.48. The number of pyridine rings is 2. The van der Waals surface area contributed by atoms with Gasteiger partial charge in [-0.1, -0.05) is 34.8 Å². The van der Waals surface area contributed by atoms with E-state index in [4.69, 9.17) is 0 Å². The predicted octanol–water partition coefficient (Wildman–Crippen LogP) is 4.23. The van der Waals surface area contributed by atoms with Crippen molar-refractivity contribution in [3.8, 4) is 0 Å². The summed E-state index contributed by atoms with van der Waals surface area (Å²) < 4.78 is 0. The maximum atomic E-state index is 12.2. The molecule has 2 atom stereocenters. The molecule has 4 aromatic rings. The first kappa shape index (κ1) is 21.5. The summed E-state index contributed by atoms with van der Waals surface area (Å²) in [5.41, 5.74) is 0.729. The number of rotatable bonds is 8. The van der Waals surface area contributed by atoms with Crippen LogP contribution in [0.25, 0.3) is 0 Å². The zero-order chi connectivity index (χ0) is 22.5. The molecule has 33 heavy (non-hydrogen) atoms. The molecule has 0 spiro atoms. The smallest absolute Gasteiger partial charge is 0.232 e. The van der Waals surface area contributed by atoms with Crippen molar-refractivity contribution in [1.82, 2.24) is 30.4 Å². The maximum absolute atomic E-state index is 12.2. The lowest BCUT2D eigenvalue weighted by Gasteiger charge is -2.07. The van der Waals surface area contributed by atoms with Gasteiger partial charge in [-0.05, 0) is 49.4 Å². The SMILES string of the molecule is O=C(Cc1ccccn1)Nc1nnc(C[C@@H]2CC[C@@H](c3nnc(Nc4ccccn4)s3)C2)s1. The minimum Gasteiger partial charge on any atom is -0.315 e. The maximum Gasteiger partial charge on any atom is 0.232 e. The summed E-state index contributed by atoms with van der Waals surface area (Å²) in [7, 11) is 0. The summed E-state index contributed by atoms with van der Waals surface area (Å²) in [6.07, 6.45) is 7.78. The fourth-order valence-electron chi connectivity index (χ4n) is 3.95. The van der Waals surface area contributed by atoms with E-state index in [-0.39, 0.29) is 12.3 Å². The van der Waals surface area contributed by atoms with Gasteiger partial charge in [-0.2, -0.15) is 0 Å². The fourth-order valence-corrected chi connectivity index (χ4v) is 5.71. The van der Waals surface area contributed by atoms with Crippen LogP contribution in [0, 0.1) is 5.92 Å². The molecule has 4 aromatic heterocycles. The molecule has 0 aliphatic heterocycles. The summed E-state index contributed by atoms with van der Waals surface area (Å²) >= 11 is 3.04. The normalized spacial score (nSPS) is 17.7. The molecule has 4 heterocycles. The van der Waals surface area contributed by atoms with Gasteiger partial charge in [0.05, 0.1) is 6.42 Å². The van der Waals surface area contributed by atoms with Crippen LogP contribution in [0.1, 0.15) is 40.9 Å². The summed E-state index contributed by atoms with van der Waals surface area (Å²) in [5, 5.41) is 26.5. The average molecular weight is 479 g/mol. The Hall–Kier alpha value is -3.31. The topological polar surface area (TPSA) is 118 Å². The summed E-state index contributed by atoms with van der Waals surface area (Å²) in [6.45, 7) is 0. The van der Waals surface area contributed by atoms with Gasteiger partial charge in [-0.3, -0.25) is 9.78 Å². The molecule has 11 heteroatoms. The highest BCUT2D eigenvalue weighted by Crippen LogP contribution is 2.41. The van der Waals surface area contributed by atoms with Crippen LogP contribution in [0.5, 0.6) is 0 Å². The van der Waals surface area contributed by atoms with E-state index >= 15 is 0 Å². The number of carbonyl (C=O) groups excluding carboxylic acids is 1. The largest absolute Gasteiger partial charge is 0.315 e. The van der Waals surface area contributed by atoms with E-state index in [0.717, 1.165) is 52.3 Å². The first-order valence-electron chi connectivity index (χ1n) is 10.7. The molecule has 1 aliphatic rings. The van der Waals surface area contributed by atoms with Crippen molar-refractivity contribution in [2.24, 2.45) is 5.92 Å². The molecule has 0 saturated heterocycles. The van der Waals surface area contributed by atoms with E-state index in [2.05, 4.69) is 41.0 Å². The molecule has 9 nitrogen and oxygen atoms in total. The molecule has 0 radical (unpaired) electrons. The Kier molecular flexibility index (Phi) is 6.58. The molecule has 0 bridgehead atoms. The molecule has 0 aromatic carbocycles. The summed E-state index contributed by atoms with van der Waals surface area (Å²) in [5.74, 6) is 1.57. The Labute approximate surface area is 198 Å². The van der Waals surface area contributed by atoms with E-state index in [1.165, 1.54) is 11.3 Å². The van der Waals surface area contributed by atoms with Crippen LogP contribution >= 0.6 is 22.7 Å². The molecule has 5 rings (SSSR count). The van der Waals surface area contributed by atoms with Gasteiger partial charge in [-0.25, -0.2) is 4.98 Å². The Morgan fingerprint density at radius 2 is 1.79 bits per heavy atom. The van der Waals surface area contributed by atoms with Crippen LogP contribution in [-0.2, 0) is 17.6 Å². The van der Waals surface area contributed by atoms with Crippen LogP contribution in [0.4, 0.5) is 16.1 Å². The zero-order valence-corrected chi connectivity index (χ0v) is 19.4. The summed E-state index contributed by atoms with van der Waals surface area (Å²) in [6, 6.07) is 11.2. The van der Waals surface area contributed by atoms with Crippen molar-refractivity contribution in [2.45, 2.75) is 38.0 Å². The predicted molar refractivity (Wildman–Crippen MR) is 128 cm³/mol. The van der Waals surface area contributed by atoms with E-state index in [9.17, 15) is 4.79 Å². The van der Waals surface area contributed by atoms with Crippen LogP contribution in [0.2, 0.25) is 0 Å². The van der Waals surface area contributed by atoms with E-state index in [1.807, 2.05) is 36.4 Å². The van der Waals surface area contributed by atoms with Gasteiger partial charge in [0.25, 0.3) is 0 Å². The van der Waals surface area contributed by atoms with Gasteiger partial charge in [0.15, 0.2) is 0 Å². The van der Waals surface area contributed by atoms with Crippen molar-refractivity contribution >= 4 is 44.7 Å². The van der Waals surface area contributed by atoms with Crippen molar-refractivity contribution in [2.75, 3.05) is 10.6 Å². The van der Waals surface area contributed by atoms with Gasteiger partial charge >= 0.3 is 0 Å². The number of nitrogens with one attached hydrogen (secondary N) is 2. The summed E-state index contributed by atoms with van der Waals surface area (Å²) in [4.78, 5) is 20.7. The number of hydrogen-bond donors (Lipinski definition) is 2.